The quantitative estimate of drug-likeness (QED) is 0.615. The largest absolute Gasteiger partial charge is 0.497 e. The fourth-order valence-corrected chi connectivity index (χ4v) is 7.09. The summed E-state index contributed by atoms with van der Waals surface area (Å²) in [6.07, 6.45) is 8.38. The number of methoxy groups -OCH3 is 1. The van der Waals surface area contributed by atoms with Crippen LogP contribution in [0, 0.1) is 17.8 Å². The number of hydrogen-bond donors (Lipinski definition) is 1. The van der Waals surface area contributed by atoms with Gasteiger partial charge in [-0.15, -0.1) is 0 Å². The van der Waals surface area contributed by atoms with Crippen molar-refractivity contribution < 1.29 is 4.74 Å². The zero-order chi connectivity index (χ0) is 18.7. The summed E-state index contributed by atoms with van der Waals surface area (Å²) >= 11 is 1.31. The topological polar surface area (TPSA) is 47.0 Å². The fourth-order valence-electron chi connectivity index (χ4n) is 6.52. The van der Waals surface area contributed by atoms with Crippen LogP contribution in [-0.2, 0) is 0 Å². The highest BCUT2D eigenvalue weighted by Gasteiger charge is 2.51. The molecule has 4 bridgehead atoms. The summed E-state index contributed by atoms with van der Waals surface area (Å²) in [5.74, 6) is 3.67. The summed E-state index contributed by atoms with van der Waals surface area (Å²) in [6, 6.07) is 12.6. The minimum absolute atomic E-state index is 0.285. The van der Waals surface area contributed by atoms with Gasteiger partial charge in [0.1, 0.15) is 16.8 Å². The van der Waals surface area contributed by atoms with Gasteiger partial charge >= 0.3 is 0 Å². The molecule has 4 aliphatic carbocycles. The van der Waals surface area contributed by atoms with Gasteiger partial charge in [-0.25, -0.2) is 0 Å². The molecule has 0 amide bonds. The average molecular weight is 392 g/mol. The summed E-state index contributed by atoms with van der Waals surface area (Å²) in [5, 5.41) is 4.00. The van der Waals surface area contributed by atoms with Gasteiger partial charge in [0, 0.05) is 11.1 Å². The second kappa shape index (κ2) is 6.18. The molecule has 4 nitrogen and oxygen atoms in total. The first-order valence-electron chi connectivity index (χ1n) is 10.4. The number of ether oxygens (including phenoxy) is 1. The van der Waals surface area contributed by atoms with Gasteiger partial charge in [-0.1, -0.05) is 12.1 Å². The lowest BCUT2D eigenvalue weighted by molar-refractivity contribution is 0.0108. The zero-order valence-corrected chi connectivity index (χ0v) is 17.0. The Morgan fingerprint density at radius 3 is 2.18 bits per heavy atom. The Balaban J connectivity index is 1.37. The summed E-state index contributed by atoms with van der Waals surface area (Å²) in [4.78, 5) is 0. The predicted molar refractivity (Wildman–Crippen MR) is 114 cm³/mol. The average Bonchev–Trinajstić information content (AvgIpc) is 3.17. The van der Waals surface area contributed by atoms with Crippen LogP contribution >= 0.6 is 11.7 Å². The van der Waals surface area contributed by atoms with Gasteiger partial charge in [0.25, 0.3) is 0 Å². The van der Waals surface area contributed by atoms with E-state index in [1.165, 1.54) is 55.9 Å². The van der Waals surface area contributed by atoms with Gasteiger partial charge in [-0.2, -0.15) is 8.75 Å². The molecule has 0 unspecified atom stereocenters. The summed E-state index contributed by atoms with van der Waals surface area (Å²) < 4.78 is 14.6. The van der Waals surface area contributed by atoms with Crippen LogP contribution in [-0.4, -0.2) is 21.4 Å². The van der Waals surface area contributed by atoms with Gasteiger partial charge in [-0.05, 0) is 86.1 Å². The van der Waals surface area contributed by atoms with E-state index in [1.54, 1.807) is 7.11 Å². The number of anilines is 1. The van der Waals surface area contributed by atoms with Crippen molar-refractivity contribution in [2.45, 2.75) is 44.1 Å². The fraction of sp³-hybridized carbons (Fsp3) is 0.478. The SMILES string of the molecule is COc1ccc(-c2ccc(NC34CC5CC(CC(C5)C3)C4)c3nsnc23)cc1. The van der Waals surface area contributed by atoms with Crippen molar-refractivity contribution >= 4 is 28.4 Å². The number of benzene rings is 2. The molecule has 0 aliphatic heterocycles. The Morgan fingerprint density at radius 2 is 1.54 bits per heavy atom. The van der Waals surface area contributed by atoms with E-state index < -0.39 is 0 Å². The molecule has 1 heterocycles. The summed E-state index contributed by atoms with van der Waals surface area (Å²) in [5.41, 5.74) is 5.77. The van der Waals surface area contributed by atoms with E-state index in [0.717, 1.165) is 45.7 Å². The first kappa shape index (κ1) is 16.8. The molecule has 1 N–H and O–H groups in total. The number of nitrogens with zero attached hydrogens (tertiary/aromatic N) is 2. The predicted octanol–water partition coefficient (Wildman–Crippen LogP) is 5.75. The molecule has 2 aromatic carbocycles. The minimum atomic E-state index is 0.285. The van der Waals surface area contributed by atoms with Crippen molar-refractivity contribution in [1.82, 2.24) is 8.75 Å². The minimum Gasteiger partial charge on any atom is -0.497 e. The summed E-state index contributed by atoms with van der Waals surface area (Å²) in [7, 11) is 1.70. The molecular formula is C23H25N3OS. The highest BCUT2D eigenvalue weighted by molar-refractivity contribution is 7.00. The van der Waals surface area contributed by atoms with E-state index in [2.05, 4.69) is 38.3 Å². The molecule has 0 spiro atoms. The molecule has 5 heteroatoms. The van der Waals surface area contributed by atoms with Crippen molar-refractivity contribution in [3.05, 3.63) is 36.4 Å². The van der Waals surface area contributed by atoms with Crippen LogP contribution in [0.3, 0.4) is 0 Å². The van der Waals surface area contributed by atoms with Gasteiger partial charge in [0.05, 0.1) is 24.5 Å². The molecule has 7 rings (SSSR count). The lowest BCUT2D eigenvalue weighted by Gasteiger charge is -2.57. The maximum atomic E-state index is 5.30. The van der Waals surface area contributed by atoms with Crippen LogP contribution in [0.25, 0.3) is 22.2 Å². The number of hydrogen-bond acceptors (Lipinski definition) is 5. The third-order valence-corrected chi connectivity index (χ3v) is 7.78. The Morgan fingerprint density at radius 1 is 0.893 bits per heavy atom. The van der Waals surface area contributed by atoms with E-state index in [0.29, 0.717) is 0 Å². The van der Waals surface area contributed by atoms with Crippen molar-refractivity contribution in [3.8, 4) is 16.9 Å². The molecule has 28 heavy (non-hydrogen) atoms. The number of nitrogens with one attached hydrogen (secondary N) is 1. The van der Waals surface area contributed by atoms with Gasteiger partial charge in [0.2, 0.25) is 0 Å². The van der Waals surface area contributed by atoms with Gasteiger partial charge in [0.15, 0.2) is 0 Å². The first-order chi connectivity index (χ1) is 13.7. The molecule has 4 saturated carbocycles. The van der Waals surface area contributed by atoms with Crippen molar-refractivity contribution in [2.24, 2.45) is 17.8 Å². The third-order valence-electron chi connectivity index (χ3n) is 7.25. The highest BCUT2D eigenvalue weighted by atomic mass is 32.1. The third kappa shape index (κ3) is 2.63. The monoisotopic (exact) mass is 391 g/mol. The van der Waals surface area contributed by atoms with E-state index >= 15 is 0 Å². The molecule has 144 valence electrons. The zero-order valence-electron chi connectivity index (χ0n) is 16.1. The number of aromatic nitrogens is 2. The van der Waals surface area contributed by atoms with Gasteiger partial charge < -0.3 is 10.1 Å². The number of rotatable bonds is 4. The maximum Gasteiger partial charge on any atom is 0.128 e. The van der Waals surface area contributed by atoms with Crippen LogP contribution < -0.4 is 10.1 Å². The van der Waals surface area contributed by atoms with E-state index in [9.17, 15) is 0 Å². The van der Waals surface area contributed by atoms with E-state index in [4.69, 9.17) is 4.74 Å². The maximum absolute atomic E-state index is 5.30. The smallest absolute Gasteiger partial charge is 0.128 e. The van der Waals surface area contributed by atoms with Gasteiger partial charge in [-0.3, -0.25) is 0 Å². The Kier molecular flexibility index (Phi) is 3.70. The number of fused-ring (bicyclic) bond motifs is 1. The highest BCUT2D eigenvalue weighted by Crippen LogP contribution is 2.56. The lowest BCUT2D eigenvalue weighted by Crippen LogP contribution is -2.54. The van der Waals surface area contributed by atoms with Crippen molar-refractivity contribution in [1.29, 1.82) is 0 Å². The van der Waals surface area contributed by atoms with Crippen molar-refractivity contribution in [2.75, 3.05) is 12.4 Å². The summed E-state index contributed by atoms with van der Waals surface area (Å²) in [6.45, 7) is 0. The van der Waals surface area contributed by atoms with Crippen LogP contribution in [0.5, 0.6) is 5.75 Å². The van der Waals surface area contributed by atoms with Crippen molar-refractivity contribution in [3.63, 3.8) is 0 Å². The lowest BCUT2D eigenvalue weighted by atomic mass is 9.53. The molecule has 0 radical (unpaired) electrons. The van der Waals surface area contributed by atoms with Crippen LogP contribution in [0.15, 0.2) is 36.4 Å². The standard InChI is InChI=1S/C23H25N3OS/c1-27-18-4-2-17(3-5-18)19-6-7-20(22-21(19)25-28-26-22)24-23-11-14-8-15(12-23)10-16(9-14)13-23/h2-7,14-16,24H,8-13H2,1H3. The second-order valence-corrected chi connectivity index (χ2v) is 9.70. The molecule has 0 saturated heterocycles. The van der Waals surface area contributed by atoms with E-state index in [1.807, 2.05) is 12.1 Å². The normalized spacial score (nSPS) is 30.7. The van der Waals surface area contributed by atoms with Crippen LogP contribution in [0.1, 0.15) is 38.5 Å². The van der Waals surface area contributed by atoms with E-state index in [-0.39, 0.29) is 5.54 Å². The molecular weight excluding hydrogens is 366 g/mol. The first-order valence-corrected chi connectivity index (χ1v) is 11.1. The second-order valence-electron chi connectivity index (χ2n) is 9.17. The van der Waals surface area contributed by atoms with Crippen LogP contribution in [0.4, 0.5) is 5.69 Å². The Bertz CT molecular complexity index is 991. The Labute approximate surface area is 169 Å². The molecule has 4 aliphatic rings. The Hall–Kier alpha value is -2.14. The van der Waals surface area contributed by atoms with Crippen LogP contribution in [0.2, 0.25) is 0 Å². The molecule has 3 aromatic rings. The molecule has 1 aromatic heterocycles. The molecule has 4 fully saturated rings. The molecule has 0 atom stereocenters.